The summed E-state index contributed by atoms with van der Waals surface area (Å²) < 4.78 is 4.99. The van der Waals surface area contributed by atoms with E-state index in [1.165, 1.54) is 0 Å². The highest BCUT2D eigenvalue weighted by Crippen LogP contribution is 2.20. The largest absolute Gasteiger partial charge is 0.481 e. The molecule has 0 spiro atoms. The summed E-state index contributed by atoms with van der Waals surface area (Å²) >= 11 is 5.77. The lowest BCUT2D eigenvalue weighted by atomic mass is 10.3. The van der Waals surface area contributed by atoms with Crippen LogP contribution < -0.4 is 15.8 Å². The molecule has 2 heterocycles. The van der Waals surface area contributed by atoms with Crippen molar-refractivity contribution >= 4 is 23.1 Å². The van der Waals surface area contributed by atoms with E-state index < -0.39 is 0 Å². The second-order valence-corrected chi connectivity index (χ2v) is 4.09. The van der Waals surface area contributed by atoms with Crippen molar-refractivity contribution < 1.29 is 4.74 Å². The zero-order valence-electron chi connectivity index (χ0n) is 9.85. The number of rotatable bonds is 4. The monoisotopic (exact) mass is 264 g/mol. The highest BCUT2D eigenvalue weighted by Gasteiger charge is 2.02. The molecule has 6 heteroatoms. The zero-order chi connectivity index (χ0) is 13.0. The van der Waals surface area contributed by atoms with Gasteiger partial charge in [-0.3, -0.25) is 0 Å². The molecule has 0 aliphatic carbocycles. The Morgan fingerprint density at radius 2 is 2.17 bits per heavy atom. The molecule has 2 rings (SSSR count). The molecule has 0 saturated carbocycles. The molecule has 5 nitrogen and oxygen atoms in total. The third-order valence-electron chi connectivity index (χ3n) is 2.35. The van der Waals surface area contributed by atoms with Crippen LogP contribution in [-0.2, 0) is 6.54 Å². The van der Waals surface area contributed by atoms with Gasteiger partial charge in [-0.25, -0.2) is 9.97 Å². The average molecular weight is 265 g/mol. The number of nitrogens with two attached hydrogens (primary N) is 1. The Kier molecular flexibility index (Phi) is 3.84. The lowest BCUT2D eigenvalue weighted by Crippen LogP contribution is -2.04. The first-order valence-corrected chi connectivity index (χ1v) is 5.70. The molecule has 0 saturated heterocycles. The lowest BCUT2D eigenvalue weighted by molar-refractivity contribution is 0.397. The molecule has 0 amide bonds. The molecule has 18 heavy (non-hydrogen) atoms. The number of methoxy groups -OCH3 is 1. The molecule has 0 radical (unpaired) electrons. The van der Waals surface area contributed by atoms with E-state index in [0.717, 1.165) is 5.56 Å². The molecule has 3 N–H and O–H groups in total. The predicted octanol–water partition coefficient (Wildman–Crippen LogP) is 2.33. The smallest absolute Gasteiger partial charge is 0.212 e. The Balaban J connectivity index is 2.02. The van der Waals surface area contributed by atoms with Crippen molar-refractivity contribution in [2.75, 3.05) is 18.2 Å². The summed E-state index contributed by atoms with van der Waals surface area (Å²) in [4.78, 5) is 8.22. The van der Waals surface area contributed by atoms with Crippen LogP contribution in [0.3, 0.4) is 0 Å². The summed E-state index contributed by atoms with van der Waals surface area (Å²) in [5.41, 5.74) is 7.31. The fourth-order valence-electron chi connectivity index (χ4n) is 1.42. The number of aromatic nitrogens is 2. The van der Waals surface area contributed by atoms with E-state index in [9.17, 15) is 0 Å². The molecule has 0 atom stereocenters. The van der Waals surface area contributed by atoms with Crippen molar-refractivity contribution in [2.45, 2.75) is 6.54 Å². The summed E-state index contributed by atoms with van der Waals surface area (Å²) in [7, 11) is 1.58. The van der Waals surface area contributed by atoms with Gasteiger partial charge in [-0.1, -0.05) is 17.7 Å². The van der Waals surface area contributed by atoms with Crippen LogP contribution in [0.5, 0.6) is 5.88 Å². The van der Waals surface area contributed by atoms with Gasteiger partial charge in [0, 0.05) is 25.0 Å². The van der Waals surface area contributed by atoms with Crippen molar-refractivity contribution in [1.29, 1.82) is 0 Å². The van der Waals surface area contributed by atoms with Crippen LogP contribution in [0.15, 0.2) is 30.6 Å². The van der Waals surface area contributed by atoms with Crippen LogP contribution in [0.4, 0.5) is 11.5 Å². The summed E-state index contributed by atoms with van der Waals surface area (Å²) in [5.74, 6) is 1.19. The molecule has 0 unspecified atom stereocenters. The van der Waals surface area contributed by atoms with Gasteiger partial charge in [0.1, 0.15) is 5.82 Å². The summed E-state index contributed by atoms with van der Waals surface area (Å²) in [6.45, 7) is 0.579. The predicted molar refractivity (Wildman–Crippen MR) is 71.8 cm³/mol. The van der Waals surface area contributed by atoms with Gasteiger partial charge in [0.15, 0.2) is 0 Å². The van der Waals surface area contributed by atoms with Crippen LogP contribution in [0.25, 0.3) is 0 Å². The van der Waals surface area contributed by atoms with Gasteiger partial charge in [0.05, 0.1) is 17.8 Å². The Bertz CT molecular complexity index is 530. The molecule has 0 aromatic carbocycles. The Morgan fingerprint density at radius 1 is 1.33 bits per heavy atom. The van der Waals surface area contributed by atoms with Crippen molar-refractivity contribution in [1.82, 2.24) is 9.97 Å². The maximum absolute atomic E-state index is 5.79. The summed E-state index contributed by atoms with van der Waals surface area (Å²) in [6.07, 6.45) is 3.28. The standard InChI is InChI=1S/C12H13ClN4O/c1-18-11-3-2-8(5-15-11)6-16-12-10(14)4-9(13)7-17-12/h2-5,7H,6,14H2,1H3,(H,16,17). The molecule has 0 fully saturated rings. The zero-order valence-corrected chi connectivity index (χ0v) is 10.6. The van der Waals surface area contributed by atoms with Gasteiger partial charge in [-0.05, 0) is 11.6 Å². The molecular formula is C12H13ClN4O. The molecule has 0 aliphatic rings. The number of nitrogens with zero attached hydrogens (tertiary/aromatic N) is 2. The SMILES string of the molecule is COc1ccc(CNc2ncc(Cl)cc2N)cn1. The van der Waals surface area contributed by atoms with E-state index in [0.29, 0.717) is 29.0 Å². The van der Waals surface area contributed by atoms with Crippen LogP contribution in [-0.4, -0.2) is 17.1 Å². The van der Waals surface area contributed by atoms with Crippen molar-refractivity contribution in [3.05, 3.63) is 41.2 Å². The van der Waals surface area contributed by atoms with E-state index in [2.05, 4.69) is 15.3 Å². The number of hydrogen-bond donors (Lipinski definition) is 2. The van der Waals surface area contributed by atoms with Crippen LogP contribution in [0.2, 0.25) is 5.02 Å². The maximum atomic E-state index is 5.79. The normalized spacial score (nSPS) is 10.1. The van der Waals surface area contributed by atoms with E-state index in [4.69, 9.17) is 22.1 Å². The highest BCUT2D eigenvalue weighted by molar-refractivity contribution is 6.30. The maximum Gasteiger partial charge on any atom is 0.212 e. The van der Waals surface area contributed by atoms with Crippen LogP contribution in [0.1, 0.15) is 5.56 Å². The molecular weight excluding hydrogens is 252 g/mol. The lowest BCUT2D eigenvalue weighted by Gasteiger charge is -2.08. The number of halogens is 1. The number of ether oxygens (including phenoxy) is 1. The first-order chi connectivity index (χ1) is 8.69. The van der Waals surface area contributed by atoms with Gasteiger partial charge < -0.3 is 15.8 Å². The van der Waals surface area contributed by atoms with Crippen LogP contribution >= 0.6 is 11.6 Å². The van der Waals surface area contributed by atoms with E-state index in [1.54, 1.807) is 31.6 Å². The van der Waals surface area contributed by atoms with Gasteiger partial charge in [-0.2, -0.15) is 0 Å². The van der Waals surface area contributed by atoms with Gasteiger partial charge >= 0.3 is 0 Å². The van der Waals surface area contributed by atoms with Gasteiger partial charge in [-0.15, -0.1) is 0 Å². The number of nitrogens with one attached hydrogen (secondary N) is 1. The number of anilines is 2. The fourth-order valence-corrected chi connectivity index (χ4v) is 1.59. The second kappa shape index (κ2) is 5.55. The van der Waals surface area contributed by atoms with Crippen molar-refractivity contribution in [3.63, 3.8) is 0 Å². The minimum Gasteiger partial charge on any atom is -0.481 e. The van der Waals surface area contributed by atoms with Crippen LogP contribution in [0, 0.1) is 0 Å². The Hall–Kier alpha value is -2.01. The van der Waals surface area contributed by atoms with Crippen molar-refractivity contribution in [2.24, 2.45) is 0 Å². The first kappa shape index (κ1) is 12.4. The minimum atomic E-state index is 0.518. The first-order valence-electron chi connectivity index (χ1n) is 5.33. The quantitative estimate of drug-likeness (QED) is 0.887. The Labute approximate surface area is 110 Å². The summed E-state index contributed by atoms with van der Waals surface area (Å²) in [6, 6.07) is 5.38. The van der Waals surface area contributed by atoms with Crippen molar-refractivity contribution in [3.8, 4) is 5.88 Å². The molecule has 2 aromatic rings. The third-order valence-corrected chi connectivity index (χ3v) is 2.56. The number of nitrogen functional groups attached to an aromatic ring is 1. The number of pyridine rings is 2. The molecule has 0 bridgehead atoms. The van der Waals surface area contributed by atoms with E-state index in [-0.39, 0.29) is 0 Å². The molecule has 0 aliphatic heterocycles. The highest BCUT2D eigenvalue weighted by atomic mass is 35.5. The Morgan fingerprint density at radius 3 is 2.78 bits per heavy atom. The van der Waals surface area contributed by atoms with E-state index >= 15 is 0 Å². The number of hydrogen-bond acceptors (Lipinski definition) is 5. The minimum absolute atomic E-state index is 0.518. The summed E-state index contributed by atoms with van der Waals surface area (Å²) in [5, 5.41) is 3.64. The van der Waals surface area contributed by atoms with Gasteiger partial charge in [0.25, 0.3) is 0 Å². The average Bonchev–Trinajstić information content (AvgIpc) is 2.38. The molecule has 94 valence electrons. The van der Waals surface area contributed by atoms with Gasteiger partial charge in [0.2, 0.25) is 5.88 Å². The second-order valence-electron chi connectivity index (χ2n) is 3.65. The fraction of sp³-hybridized carbons (Fsp3) is 0.167. The van der Waals surface area contributed by atoms with E-state index in [1.807, 2.05) is 6.07 Å². The topological polar surface area (TPSA) is 73.1 Å². The third kappa shape index (κ3) is 3.01. The molecule has 2 aromatic heterocycles.